The average molecular weight is 461 g/mol. The Hall–Kier alpha value is -4.72. The van der Waals surface area contributed by atoms with E-state index in [0.717, 1.165) is 27.9 Å². The van der Waals surface area contributed by atoms with E-state index >= 15 is 0 Å². The molecule has 2 aromatic carbocycles. The van der Waals surface area contributed by atoms with Gasteiger partial charge in [0.2, 0.25) is 12.7 Å². The number of anilines is 1. The Morgan fingerprint density at radius 3 is 2.57 bits per heavy atom. The van der Waals surface area contributed by atoms with Gasteiger partial charge in [0.1, 0.15) is 0 Å². The maximum atomic E-state index is 13.5. The molecule has 35 heavy (non-hydrogen) atoms. The molecule has 5 aromatic rings. The van der Waals surface area contributed by atoms with Crippen LogP contribution in [0.4, 0.5) is 5.95 Å². The summed E-state index contributed by atoms with van der Waals surface area (Å²) in [5.41, 5.74) is 5.23. The van der Waals surface area contributed by atoms with E-state index in [0.29, 0.717) is 34.9 Å². The zero-order valence-corrected chi connectivity index (χ0v) is 18.5. The Bertz CT molecular complexity index is 1630. The molecule has 0 bridgehead atoms. The SMILES string of the molecule is O=c1c2c([nH]c3ccccc13)C(c1ccc3c(c1)OCO3)N(c1ncc(-c3ccncc3)cn1)C2. The summed E-state index contributed by atoms with van der Waals surface area (Å²) in [6, 6.07) is 17.0. The predicted octanol–water partition coefficient (Wildman–Crippen LogP) is 4.22. The van der Waals surface area contributed by atoms with E-state index in [9.17, 15) is 4.79 Å². The number of aromatic nitrogens is 4. The topological polar surface area (TPSA) is 93.2 Å². The second-order valence-corrected chi connectivity index (χ2v) is 8.54. The molecule has 0 saturated carbocycles. The number of pyridine rings is 2. The van der Waals surface area contributed by atoms with Crippen LogP contribution < -0.4 is 19.8 Å². The third-order valence-corrected chi connectivity index (χ3v) is 6.57. The van der Waals surface area contributed by atoms with Crippen LogP contribution in [0.2, 0.25) is 0 Å². The van der Waals surface area contributed by atoms with Crippen LogP contribution in [0.1, 0.15) is 22.9 Å². The fourth-order valence-corrected chi connectivity index (χ4v) is 4.88. The smallest absolute Gasteiger partial charge is 0.231 e. The van der Waals surface area contributed by atoms with Crippen LogP contribution in [0.3, 0.4) is 0 Å². The van der Waals surface area contributed by atoms with Gasteiger partial charge in [0.05, 0.1) is 18.3 Å². The molecule has 0 saturated heterocycles. The minimum absolute atomic E-state index is 0.0241. The highest BCUT2D eigenvalue weighted by Crippen LogP contribution is 2.42. The lowest BCUT2D eigenvalue weighted by Crippen LogP contribution is -2.25. The average Bonchev–Trinajstić information content (AvgIpc) is 3.54. The minimum Gasteiger partial charge on any atom is -0.454 e. The molecular weight excluding hydrogens is 442 g/mol. The highest BCUT2D eigenvalue weighted by molar-refractivity contribution is 5.80. The van der Waals surface area contributed by atoms with E-state index in [-0.39, 0.29) is 18.3 Å². The number of rotatable bonds is 3. The van der Waals surface area contributed by atoms with Gasteiger partial charge in [-0.2, -0.15) is 0 Å². The maximum absolute atomic E-state index is 13.5. The van der Waals surface area contributed by atoms with Crippen LogP contribution in [0.15, 0.2) is 84.2 Å². The van der Waals surface area contributed by atoms with Crippen molar-refractivity contribution in [3.63, 3.8) is 0 Å². The molecule has 7 rings (SSSR count). The Morgan fingerprint density at radius 1 is 0.914 bits per heavy atom. The summed E-state index contributed by atoms with van der Waals surface area (Å²) in [5.74, 6) is 1.94. The number of nitrogens with one attached hydrogen (secondary N) is 1. The lowest BCUT2D eigenvalue weighted by Gasteiger charge is -2.25. The van der Waals surface area contributed by atoms with Gasteiger partial charge < -0.3 is 19.4 Å². The molecule has 1 unspecified atom stereocenters. The van der Waals surface area contributed by atoms with Gasteiger partial charge in [-0.15, -0.1) is 0 Å². The van der Waals surface area contributed by atoms with Gasteiger partial charge in [0.25, 0.3) is 0 Å². The van der Waals surface area contributed by atoms with Crippen LogP contribution in [0.5, 0.6) is 11.5 Å². The number of nitrogens with zero attached hydrogens (tertiary/aromatic N) is 4. The van der Waals surface area contributed by atoms with Gasteiger partial charge >= 0.3 is 0 Å². The molecule has 170 valence electrons. The Labute approximate surface area is 199 Å². The number of ether oxygens (including phenoxy) is 2. The molecule has 2 aliphatic rings. The highest BCUT2D eigenvalue weighted by Gasteiger charge is 2.37. The molecule has 0 radical (unpaired) electrons. The van der Waals surface area contributed by atoms with Crippen molar-refractivity contribution in [2.75, 3.05) is 11.7 Å². The first-order valence-corrected chi connectivity index (χ1v) is 11.3. The third-order valence-electron chi connectivity index (χ3n) is 6.57. The number of fused-ring (bicyclic) bond motifs is 3. The van der Waals surface area contributed by atoms with Crippen molar-refractivity contribution < 1.29 is 9.47 Å². The van der Waals surface area contributed by atoms with Gasteiger partial charge in [-0.1, -0.05) is 18.2 Å². The van der Waals surface area contributed by atoms with Gasteiger partial charge in [-0.05, 0) is 47.5 Å². The number of benzene rings is 2. The van der Waals surface area contributed by atoms with Crippen molar-refractivity contribution >= 4 is 16.9 Å². The second-order valence-electron chi connectivity index (χ2n) is 8.54. The zero-order valence-electron chi connectivity index (χ0n) is 18.5. The maximum Gasteiger partial charge on any atom is 0.231 e. The van der Waals surface area contributed by atoms with Crippen molar-refractivity contribution in [3.05, 3.63) is 106 Å². The second kappa shape index (κ2) is 7.66. The third kappa shape index (κ3) is 3.14. The van der Waals surface area contributed by atoms with Crippen molar-refractivity contribution in [2.45, 2.75) is 12.6 Å². The fourth-order valence-electron chi connectivity index (χ4n) is 4.88. The first kappa shape index (κ1) is 19.7. The Balaban J connectivity index is 1.37. The quantitative estimate of drug-likeness (QED) is 0.430. The molecule has 5 heterocycles. The van der Waals surface area contributed by atoms with Crippen LogP contribution in [0.25, 0.3) is 22.0 Å². The number of para-hydroxylation sites is 1. The van der Waals surface area contributed by atoms with Crippen molar-refractivity contribution in [3.8, 4) is 22.6 Å². The van der Waals surface area contributed by atoms with Gasteiger partial charge in [0.15, 0.2) is 16.9 Å². The van der Waals surface area contributed by atoms with Crippen LogP contribution in [0, 0.1) is 0 Å². The first-order valence-electron chi connectivity index (χ1n) is 11.3. The lowest BCUT2D eigenvalue weighted by atomic mass is 10.0. The number of hydrogen-bond acceptors (Lipinski definition) is 7. The minimum atomic E-state index is -0.288. The molecule has 0 spiro atoms. The highest BCUT2D eigenvalue weighted by atomic mass is 16.7. The van der Waals surface area contributed by atoms with Gasteiger partial charge in [-0.25, -0.2) is 9.97 Å². The summed E-state index contributed by atoms with van der Waals surface area (Å²) in [6.07, 6.45) is 7.09. The molecule has 1 N–H and O–H groups in total. The molecule has 0 fully saturated rings. The predicted molar refractivity (Wildman–Crippen MR) is 130 cm³/mol. The summed E-state index contributed by atoms with van der Waals surface area (Å²) in [6.45, 7) is 0.591. The molecule has 1 atom stereocenters. The lowest BCUT2D eigenvalue weighted by molar-refractivity contribution is 0.174. The van der Waals surface area contributed by atoms with E-state index in [2.05, 4.69) is 14.9 Å². The summed E-state index contributed by atoms with van der Waals surface area (Å²) >= 11 is 0. The Kier molecular flexibility index (Phi) is 4.32. The van der Waals surface area contributed by atoms with E-state index in [1.807, 2.05) is 54.6 Å². The monoisotopic (exact) mass is 461 g/mol. The number of H-pyrrole nitrogens is 1. The van der Waals surface area contributed by atoms with E-state index in [1.165, 1.54) is 0 Å². The fraction of sp³-hybridized carbons (Fsp3) is 0.111. The zero-order chi connectivity index (χ0) is 23.4. The summed E-state index contributed by atoms with van der Waals surface area (Å²) in [5, 5.41) is 0.673. The number of hydrogen-bond donors (Lipinski definition) is 1. The van der Waals surface area contributed by atoms with E-state index in [1.54, 1.807) is 24.8 Å². The number of aromatic amines is 1. The largest absolute Gasteiger partial charge is 0.454 e. The summed E-state index contributed by atoms with van der Waals surface area (Å²) in [7, 11) is 0. The first-order chi connectivity index (χ1) is 17.3. The van der Waals surface area contributed by atoms with Crippen molar-refractivity contribution in [2.24, 2.45) is 0 Å². The van der Waals surface area contributed by atoms with Crippen LogP contribution in [-0.4, -0.2) is 26.7 Å². The molecule has 8 nitrogen and oxygen atoms in total. The van der Waals surface area contributed by atoms with Crippen molar-refractivity contribution in [1.82, 2.24) is 19.9 Å². The molecule has 8 heteroatoms. The molecule has 2 aliphatic heterocycles. The van der Waals surface area contributed by atoms with Gasteiger partial charge in [-0.3, -0.25) is 9.78 Å². The molecule has 0 amide bonds. The van der Waals surface area contributed by atoms with E-state index in [4.69, 9.17) is 19.4 Å². The van der Waals surface area contributed by atoms with Crippen LogP contribution in [-0.2, 0) is 6.54 Å². The normalized spacial score (nSPS) is 16.0. The van der Waals surface area contributed by atoms with E-state index < -0.39 is 0 Å². The standard InChI is InChI=1S/C27H19N5O3/c33-26-19-3-1-2-4-21(19)31-24-20(26)14-32(25(24)17-5-6-22-23(11-17)35-15-34-22)27-29-12-18(13-30-27)16-7-9-28-10-8-16/h1-13,25H,14-15H2,(H,31,33). The Morgan fingerprint density at radius 2 is 1.71 bits per heavy atom. The molecule has 3 aromatic heterocycles. The summed E-state index contributed by atoms with van der Waals surface area (Å²) < 4.78 is 11.1. The summed E-state index contributed by atoms with van der Waals surface area (Å²) in [4.78, 5) is 32.5. The van der Waals surface area contributed by atoms with Crippen molar-refractivity contribution in [1.29, 1.82) is 0 Å². The molecule has 0 aliphatic carbocycles. The van der Waals surface area contributed by atoms with Gasteiger partial charge in [0, 0.05) is 46.8 Å². The molecular formula is C27H19N5O3. The van der Waals surface area contributed by atoms with Crippen LogP contribution >= 0.6 is 0 Å².